The van der Waals surface area contributed by atoms with E-state index in [2.05, 4.69) is 32.6 Å². The highest BCUT2D eigenvalue weighted by atomic mass is 16.3. The molecule has 0 aromatic carbocycles. The van der Waals surface area contributed by atoms with Crippen LogP contribution in [-0.4, -0.2) is 35.7 Å². The summed E-state index contributed by atoms with van der Waals surface area (Å²) in [4.78, 5) is 2.63. The van der Waals surface area contributed by atoms with E-state index in [0.29, 0.717) is 11.3 Å². The number of piperidine rings is 1. The fourth-order valence-electron chi connectivity index (χ4n) is 4.53. The molecule has 1 aliphatic carbocycles. The molecule has 2 fully saturated rings. The summed E-state index contributed by atoms with van der Waals surface area (Å²) >= 11 is 0. The van der Waals surface area contributed by atoms with Crippen LogP contribution >= 0.6 is 0 Å². The molecule has 21 heavy (non-hydrogen) atoms. The fraction of sp³-hybridized carbons (Fsp3) is 1.00. The third kappa shape index (κ3) is 4.96. The average molecular weight is 296 g/mol. The molecule has 2 aliphatic rings. The molecule has 3 atom stereocenters. The Balaban J connectivity index is 1.79. The van der Waals surface area contributed by atoms with Gasteiger partial charge < -0.3 is 10.0 Å². The monoisotopic (exact) mass is 295 g/mol. The van der Waals surface area contributed by atoms with Crippen molar-refractivity contribution < 1.29 is 5.11 Å². The van der Waals surface area contributed by atoms with Crippen molar-refractivity contribution in [2.75, 3.05) is 19.6 Å². The van der Waals surface area contributed by atoms with Crippen LogP contribution in [0.5, 0.6) is 0 Å². The predicted molar refractivity (Wildman–Crippen MR) is 90.4 cm³/mol. The Morgan fingerprint density at radius 1 is 1.05 bits per heavy atom. The SMILES string of the molecule is CCCC1CCC(O)C(CN2CCC(C(C)(C)C)CC2)C1. The first kappa shape index (κ1) is 17.3. The molecule has 1 saturated carbocycles. The molecule has 1 heterocycles. The summed E-state index contributed by atoms with van der Waals surface area (Å²) in [6.07, 6.45) is 8.83. The van der Waals surface area contributed by atoms with Crippen molar-refractivity contribution in [3.8, 4) is 0 Å². The van der Waals surface area contributed by atoms with Crippen LogP contribution in [0.4, 0.5) is 0 Å². The summed E-state index contributed by atoms with van der Waals surface area (Å²) in [7, 11) is 0. The van der Waals surface area contributed by atoms with Crippen LogP contribution in [0.2, 0.25) is 0 Å². The minimum absolute atomic E-state index is 0.0431. The Labute approximate surface area is 132 Å². The molecule has 2 heteroatoms. The number of hydrogen-bond donors (Lipinski definition) is 1. The van der Waals surface area contributed by atoms with Gasteiger partial charge in [-0.05, 0) is 68.4 Å². The number of hydrogen-bond acceptors (Lipinski definition) is 2. The van der Waals surface area contributed by atoms with E-state index in [0.717, 1.165) is 24.8 Å². The summed E-state index contributed by atoms with van der Waals surface area (Å²) in [6.45, 7) is 13.1. The van der Waals surface area contributed by atoms with Crippen LogP contribution in [0.3, 0.4) is 0 Å². The summed E-state index contributed by atoms with van der Waals surface area (Å²) in [6, 6.07) is 0. The van der Waals surface area contributed by atoms with E-state index in [1.54, 1.807) is 0 Å². The molecule has 2 rings (SSSR count). The second kappa shape index (κ2) is 7.46. The van der Waals surface area contributed by atoms with Crippen molar-refractivity contribution in [3.63, 3.8) is 0 Å². The van der Waals surface area contributed by atoms with Crippen LogP contribution in [0.1, 0.15) is 72.6 Å². The third-order valence-electron chi connectivity index (χ3n) is 6.05. The highest BCUT2D eigenvalue weighted by Crippen LogP contribution is 2.36. The van der Waals surface area contributed by atoms with E-state index < -0.39 is 0 Å². The molecule has 0 amide bonds. The lowest BCUT2D eigenvalue weighted by Gasteiger charge is -2.42. The molecular weight excluding hydrogens is 258 g/mol. The Hall–Kier alpha value is -0.0800. The molecule has 0 bridgehead atoms. The highest BCUT2D eigenvalue weighted by molar-refractivity contribution is 4.85. The molecule has 1 saturated heterocycles. The summed E-state index contributed by atoms with van der Waals surface area (Å²) in [5.74, 6) is 2.27. The van der Waals surface area contributed by atoms with Gasteiger partial charge in [0.05, 0.1) is 6.10 Å². The molecular formula is C19H37NO. The maximum absolute atomic E-state index is 10.3. The zero-order valence-corrected chi connectivity index (χ0v) is 14.8. The molecule has 0 radical (unpaired) electrons. The zero-order chi connectivity index (χ0) is 15.5. The normalized spacial score (nSPS) is 33.3. The van der Waals surface area contributed by atoms with Crippen molar-refractivity contribution >= 4 is 0 Å². The first-order chi connectivity index (χ1) is 9.90. The van der Waals surface area contributed by atoms with Gasteiger partial charge in [-0.15, -0.1) is 0 Å². The average Bonchev–Trinajstić information content (AvgIpc) is 2.42. The Kier molecular flexibility index (Phi) is 6.14. The van der Waals surface area contributed by atoms with Gasteiger partial charge in [-0.2, -0.15) is 0 Å². The topological polar surface area (TPSA) is 23.5 Å². The first-order valence-electron chi connectivity index (χ1n) is 9.30. The van der Waals surface area contributed by atoms with Gasteiger partial charge in [-0.25, -0.2) is 0 Å². The van der Waals surface area contributed by atoms with Gasteiger partial charge in [0.15, 0.2) is 0 Å². The molecule has 0 spiro atoms. The van der Waals surface area contributed by atoms with Gasteiger partial charge in [0, 0.05) is 6.54 Å². The molecule has 3 unspecified atom stereocenters. The Morgan fingerprint density at radius 2 is 1.71 bits per heavy atom. The maximum Gasteiger partial charge on any atom is 0.0580 e. The van der Waals surface area contributed by atoms with E-state index in [1.807, 2.05) is 0 Å². The van der Waals surface area contributed by atoms with E-state index >= 15 is 0 Å². The minimum Gasteiger partial charge on any atom is -0.393 e. The van der Waals surface area contributed by atoms with Crippen molar-refractivity contribution in [3.05, 3.63) is 0 Å². The first-order valence-corrected chi connectivity index (χ1v) is 9.30. The molecule has 1 aliphatic heterocycles. The summed E-state index contributed by atoms with van der Waals surface area (Å²) in [5, 5.41) is 10.3. The zero-order valence-electron chi connectivity index (χ0n) is 14.8. The fourth-order valence-corrected chi connectivity index (χ4v) is 4.53. The van der Waals surface area contributed by atoms with Gasteiger partial charge in [-0.3, -0.25) is 0 Å². The lowest BCUT2D eigenvalue weighted by Crippen LogP contribution is -2.44. The van der Waals surface area contributed by atoms with Gasteiger partial charge in [-0.1, -0.05) is 40.5 Å². The number of likely N-dealkylation sites (tertiary alicyclic amines) is 1. The number of aliphatic hydroxyl groups is 1. The van der Waals surface area contributed by atoms with Crippen molar-refractivity contribution in [2.45, 2.75) is 78.7 Å². The van der Waals surface area contributed by atoms with E-state index in [9.17, 15) is 5.11 Å². The molecule has 1 N–H and O–H groups in total. The predicted octanol–water partition coefficient (Wildman–Crippen LogP) is 4.32. The van der Waals surface area contributed by atoms with Gasteiger partial charge in [0.2, 0.25) is 0 Å². The van der Waals surface area contributed by atoms with Gasteiger partial charge >= 0.3 is 0 Å². The van der Waals surface area contributed by atoms with Gasteiger partial charge in [0.1, 0.15) is 0 Å². The lowest BCUT2D eigenvalue weighted by molar-refractivity contribution is 0.0137. The highest BCUT2D eigenvalue weighted by Gasteiger charge is 2.33. The Bertz CT molecular complexity index is 301. The Morgan fingerprint density at radius 3 is 2.29 bits per heavy atom. The van der Waals surface area contributed by atoms with Crippen LogP contribution < -0.4 is 0 Å². The molecule has 2 nitrogen and oxygen atoms in total. The minimum atomic E-state index is -0.0431. The number of rotatable bonds is 4. The maximum atomic E-state index is 10.3. The van der Waals surface area contributed by atoms with Crippen LogP contribution in [-0.2, 0) is 0 Å². The van der Waals surface area contributed by atoms with Crippen LogP contribution in [0.15, 0.2) is 0 Å². The van der Waals surface area contributed by atoms with Crippen molar-refractivity contribution in [1.82, 2.24) is 4.90 Å². The van der Waals surface area contributed by atoms with E-state index in [-0.39, 0.29) is 6.10 Å². The molecule has 0 aromatic rings. The smallest absolute Gasteiger partial charge is 0.0580 e. The van der Waals surface area contributed by atoms with Gasteiger partial charge in [0.25, 0.3) is 0 Å². The second-order valence-corrected chi connectivity index (χ2v) is 8.74. The summed E-state index contributed by atoms with van der Waals surface area (Å²) in [5.41, 5.74) is 0.461. The standard InChI is InChI=1S/C19H37NO/c1-5-6-15-7-8-18(21)16(13-15)14-20-11-9-17(10-12-20)19(2,3)4/h15-18,21H,5-14H2,1-4H3. The third-order valence-corrected chi connectivity index (χ3v) is 6.05. The quantitative estimate of drug-likeness (QED) is 0.835. The van der Waals surface area contributed by atoms with Crippen LogP contribution in [0.25, 0.3) is 0 Å². The lowest BCUT2D eigenvalue weighted by atomic mass is 9.74. The number of nitrogens with zero attached hydrogens (tertiary/aromatic N) is 1. The van der Waals surface area contributed by atoms with E-state index in [1.165, 1.54) is 51.6 Å². The van der Waals surface area contributed by atoms with E-state index in [4.69, 9.17) is 0 Å². The van der Waals surface area contributed by atoms with Crippen LogP contribution in [0, 0.1) is 23.2 Å². The molecule has 0 aromatic heterocycles. The number of aliphatic hydroxyl groups excluding tert-OH is 1. The van der Waals surface area contributed by atoms with Crippen molar-refractivity contribution in [2.24, 2.45) is 23.2 Å². The second-order valence-electron chi connectivity index (χ2n) is 8.74. The summed E-state index contributed by atoms with van der Waals surface area (Å²) < 4.78 is 0. The molecule has 124 valence electrons. The largest absolute Gasteiger partial charge is 0.393 e. The van der Waals surface area contributed by atoms with Crippen molar-refractivity contribution in [1.29, 1.82) is 0 Å².